The Balaban J connectivity index is 2.16. The van der Waals surface area contributed by atoms with E-state index >= 15 is 0 Å². The largest absolute Gasteiger partial charge is 0.346 e. The highest BCUT2D eigenvalue weighted by atomic mass is 35.5. The maximum atomic E-state index is 6.00. The van der Waals surface area contributed by atoms with E-state index in [2.05, 4.69) is 34.3 Å². The summed E-state index contributed by atoms with van der Waals surface area (Å²) < 4.78 is 0. The lowest BCUT2D eigenvalue weighted by molar-refractivity contribution is 0.308. The molecule has 4 nitrogen and oxygen atoms in total. The van der Waals surface area contributed by atoms with Gasteiger partial charge in [-0.15, -0.1) is 16.7 Å². The van der Waals surface area contributed by atoms with Crippen LogP contribution >= 0.6 is 11.6 Å². The van der Waals surface area contributed by atoms with E-state index < -0.39 is 0 Å². The number of anilines is 1. The van der Waals surface area contributed by atoms with Crippen LogP contribution in [0.3, 0.4) is 0 Å². The van der Waals surface area contributed by atoms with Gasteiger partial charge < -0.3 is 5.32 Å². The molecule has 1 aromatic heterocycles. The monoisotopic (exact) mass is 254 g/mol. The Kier molecular flexibility index (Phi) is 3.82. The Hall–Kier alpha value is -0.900. The number of hydrogen-bond acceptors (Lipinski definition) is 4. The molecule has 1 saturated carbocycles. The number of halogens is 1. The molecule has 2 rings (SSSR count). The van der Waals surface area contributed by atoms with Gasteiger partial charge in [0, 0.05) is 5.88 Å². The van der Waals surface area contributed by atoms with Crippen molar-refractivity contribution in [3.05, 3.63) is 11.4 Å². The summed E-state index contributed by atoms with van der Waals surface area (Å²) in [6.07, 6.45) is 5.18. The van der Waals surface area contributed by atoms with Gasteiger partial charge in [0.05, 0.1) is 16.9 Å². The first-order valence-corrected chi connectivity index (χ1v) is 6.83. The predicted molar refractivity (Wildman–Crippen MR) is 69.5 cm³/mol. The van der Waals surface area contributed by atoms with Gasteiger partial charge in [-0.1, -0.05) is 13.8 Å². The topological polar surface area (TPSA) is 50.7 Å². The van der Waals surface area contributed by atoms with Crippen LogP contribution in [0.5, 0.6) is 0 Å². The first kappa shape index (κ1) is 12.6. The molecule has 0 radical (unpaired) electrons. The average molecular weight is 255 g/mol. The van der Waals surface area contributed by atoms with Crippen LogP contribution in [-0.4, -0.2) is 26.6 Å². The summed E-state index contributed by atoms with van der Waals surface area (Å²) in [7, 11) is 0. The maximum Gasteiger partial charge on any atom is 0.243 e. The first-order chi connectivity index (χ1) is 8.23. The number of alkyl halides is 1. The lowest BCUT2D eigenvalue weighted by Crippen LogP contribution is -2.47. The van der Waals surface area contributed by atoms with Crippen LogP contribution in [0.15, 0.2) is 0 Å². The number of nitrogens with one attached hydrogen (secondary N) is 1. The standard InChI is InChI=1S/C12H19ClN4/c1-3-9-10(4-2)16-17-11(14-9)15-12(8-13)6-5-7-12/h3-8H2,1-2H3,(H,14,15,17). The Morgan fingerprint density at radius 2 is 1.88 bits per heavy atom. The summed E-state index contributed by atoms with van der Waals surface area (Å²) in [5.74, 6) is 1.23. The summed E-state index contributed by atoms with van der Waals surface area (Å²) >= 11 is 6.00. The second-order valence-electron chi connectivity index (χ2n) is 4.63. The lowest BCUT2D eigenvalue weighted by atomic mass is 9.78. The summed E-state index contributed by atoms with van der Waals surface area (Å²) in [5.41, 5.74) is 2.03. The highest BCUT2D eigenvalue weighted by Crippen LogP contribution is 2.35. The van der Waals surface area contributed by atoms with E-state index in [-0.39, 0.29) is 5.54 Å². The summed E-state index contributed by atoms with van der Waals surface area (Å²) in [6.45, 7) is 4.16. The Labute approximate surface area is 107 Å². The normalized spacial score (nSPS) is 17.6. The van der Waals surface area contributed by atoms with Crippen LogP contribution in [0, 0.1) is 0 Å². The fourth-order valence-corrected chi connectivity index (χ4v) is 2.46. The molecule has 0 unspecified atom stereocenters. The summed E-state index contributed by atoms with van der Waals surface area (Å²) in [5, 5.41) is 11.7. The van der Waals surface area contributed by atoms with Gasteiger partial charge in [0.25, 0.3) is 0 Å². The van der Waals surface area contributed by atoms with Gasteiger partial charge in [-0.05, 0) is 32.1 Å². The minimum atomic E-state index is 0.00196. The second kappa shape index (κ2) is 5.17. The molecule has 1 aliphatic rings. The van der Waals surface area contributed by atoms with Crippen molar-refractivity contribution in [1.29, 1.82) is 0 Å². The molecular formula is C12H19ClN4. The zero-order chi connectivity index (χ0) is 12.3. The summed E-state index contributed by atoms with van der Waals surface area (Å²) in [6, 6.07) is 0. The van der Waals surface area contributed by atoms with E-state index in [0.717, 1.165) is 37.1 Å². The quantitative estimate of drug-likeness (QED) is 0.821. The van der Waals surface area contributed by atoms with E-state index in [1.54, 1.807) is 0 Å². The highest BCUT2D eigenvalue weighted by Gasteiger charge is 2.36. The van der Waals surface area contributed by atoms with Crippen molar-refractivity contribution in [2.24, 2.45) is 0 Å². The Morgan fingerprint density at radius 3 is 2.35 bits per heavy atom. The minimum absolute atomic E-state index is 0.00196. The SMILES string of the molecule is CCc1nnc(NC2(CCl)CCC2)nc1CC. The van der Waals surface area contributed by atoms with Crippen molar-refractivity contribution in [2.45, 2.75) is 51.5 Å². The van der Waals surface area contributed by atoms with Crippen LogP contribution in [0.2, 0.25) is 0 Å². The summed E-state index contributed by atoms with van der Waals surface area (Å²) in [4.78, 5) is 4.53. The van der Waals surface area contributed by atoms with Crippen LogP contribution in [-0.2, 0) is 12.8 Å². The van der Waals surface area contributed by atoms with E-state index in [4.69, 9.17) is 11.6 Å². The van der Waals surface area contributed by atoms with E-state index in [9.17, 15) is 0 Å². The average Bonchev–Trinajstić information content (AvgIpc) is 2.33. The molecule has 1 aromatic rings. The maximum absolute atomic E-state index is 6.00. The van der Waals surface area contributed by atoms with Crippen molar-refractivity contribution >= 4 is 17.5 Å². The van der Waals surface area contributed by atoms with Crippen LogP contribution in [0.1, 0.15) is 44.5 Å². The van der Waals surface area contributed by atoms with Gasteiger partial charge >= 0.3 is 0 Å². The molecule has 94 valence electrons. The van der Waals surface area contributed by atoms with Crippen molar-refractivity contribution in [3.63, 3.8) is 0 Å². The van der Waals surface area contributed by atoms with Crippen LogP contribution < -0.4 is 5.32 Å². The van der Waals surface area contributed by atoms with Gasteiger partial charge in [0.2, 0.25) is 5.95 Å². The highest BCUT2D eigenvalue weighted by molar-refractivity contribution is 6.18. The fraction of sp³-hybridized carbons (Fsp3) is 0.750. The predicted octanol–water partition coefficient (Wildman–Crippen LogP) is 2.57. The molecule has 1 heterocycles. The molecule has 0 bridgehead atoms. The van der Waals surface area contributed by atoms with Crippen molar-refractivity contribution in [3.8, 4) is 0 Å². The van der Waals surface area contributed by atoms with Crippen LogP contribution in [0.4, 0.5) is 5.95 Å². The smallest absolute Gasteiger partial charge is 0.243 e. The van der Waals surface area contributed by atoms with E-state index in [0.29, 0.717) is 11.8 Å². The van der Waals surface area contributed by atoms with Gasteiger partial charge in [0.1, 0.15) is 0 Å². The molecule has 0 aliphatic heterocycles. The molecule has 0 aromatic carbocycles. The molecule has 0 atom stereocenters. The number of aromatic nitrogens is 3. The van der Waals surface area contributed by atoms with Crippen LogP contribution in [0.25, 0.3) is 0 Å². The first-order valence-electron chi connectivity index (χ1n) is 6.29. The number of aryl methyl sites for hydroxylation is 2. The zero-order valence-electron chi connectivity index (χ0n) is 10.5. The molecule has 1 aliphatic carbocycles. The van der Waals surface area contributed by atoms with Gasteiger partial charge in [-0.25, -0.2) is 4.98 Å². The molecule has 5 heteroatoms. The van der Waals surface area contributed by atoms with Gasteiger partial charge in [-0.2, -0.15) is 5.10 Å². The van der Waals surface area contributed by atoms with E-state index in [1.165, 1.54) is 6.42 Å². The molecule has 0 spiro atoms. The van der Waals surface area contributed by atoms with Crippen molar-refractivity contribution in [1.82, 2.24) is 15.2 Å². The van der Waals surface area contributed by atoms with Crippen molar-refractivity contribution in [2.75, 3.05) is 11.2 Å². The number of nitrogens with zero attached hydrogens (tertiary/aromatic N) is 3. The minimum Gasteiger partial charge on any atom is -0.346 e. The van der Waals surface area contributed by atoms with E-state index in [1.807, 2.05) is 0 Å². The molecule has 17 heavy (non-hydrogen) atoms. The van der Waals surface area contributed by atoms with Gasteiger partial charge in [-0.3, -0.25) is 0 Å². The third-order valence-electron chi connectivity index (χ3n) is 3.45. The lowest BCUT2D eigenvalue weighted by Gasteiger charge is -2.40. The third-order valence-corrected chi connectivity index (χ3v) is 3.96. The Morgan fingerprint density at radius 1 is 1.18 bits per heavy atom. The molecule has 1 N–H and O–H groups in total. The van der Waals surface area contributed by atoms with Crippen molar-refractivity contribution < 1.29 is 0 Å². The molecular weight excluding hydrogens is 236 g/mol. The molecule has 0 saturated heterocycles. The second-order valence-corrected chi connectivity index (χ2v) is 4.90. The zero-order valence-corrected chi connectivity index (χ0v) is 11.2. The molecule has 1 fully saturated rings. The van der Waals surface area contributed by atoms with Gasteiger partial charge in [0.15, 0.2) is 0 Å². The number of hydrogen-bond donors (Lipinski definition) is 1. The Bertz CT molecular complexity index is 385. The fourth-order valence-electron chi connectivity index (χ4n) is 2.12. The molecule has 0 amide bonds. The number of rotatable bonds is 5. The third kappa shape index (κ3) is 2.51.